The lowest BCUT2D eigenvalue weighted by molar-refractivity contribution is -0.384. The number of hydrazone groups is 1. The molecule has 5 rings (SSSR count). The van der Waals surface area contributed by atoms with Crippen LogP contribution in [0.3, 0.4) is 0 Å². The van der Waals surface area contributed by atoms with Crippen LogP contribution in [-0.2, 0) is 9.47 Å². The number of carbonyl (C=O) groups excluding carboxylic acids is 1. The number of morpholine rings is 2. The molecule has 2 saturated heterocycles. The Kier molecular flexibility index (Phi) is 8.37. The van der Waals surface area contributed by atoms with Crippen LogP contribution in [0.15, 0.2) is 47.6 Å². The van der Waals surface area contributed by atoms with Gasteiger partial charge in [-0.25, -0.2) is 10.2 Å². The zero-order chi connectivity index (χ0) is 27.9. The lowest BCUT2D eigenvalue weighted by Gasteiger charge is -2.30. The number of aryl methyl sites for hydroxylation is 1. The molecule has 14 nitrogen and oxygen atoms in total. The Bertz CT molecular complexity index is 1350. The van der Waals surface area contributed by atoms with E-state index < -0.39 is 10.9 Å². The molecule has 2 fully saturated rings. The first kappa shape index (κ1) is 26.9. The average molecular weight is 549 g/mol. The van der Waals surface area contributed by atoms with Crippen LogP contribution >= 0.6 is 0 Å². The highest BCUT2D eigenvalue weighted by Gasteiger charge is 2.21. The first-order valence-electron chi connectivity index (χ1n) is 12.7. The molecule has 2 aliphatic heterocycles. The SMILES string of the molecule is Cc1cc(C(=O)Oc2ccc(C=NNc3nc(N4CCOCC4)nc(N4CCOCC4)n3)cc2)cc([N+](=O)[O-])c1. The van der Waals surface area contributed by atoms with Crippen molar-refractivity contribution in [3.05, 3.63) is 69.3 Å². The molecule has 0 bridgehead atoms. The molecule has 0 unspecified atom stereocenters. The number of hydrogen-bond acceptors (Lipinski definition) is 13. The molecule has 0 aliphatic carbocycles. The monoisotopic (exact) mass is 548 g/mol. The number of non-ortho nitro benzene ring substituents is 1. The van der Waals surface area contributed by atoms with E-state index in [1.807, 2.05) is 0 Å². The van der Waals surface area contributed by atoms with Crippen molar-refractivity contribution in [2.45, 2.75) is 6.92 Å². The van der Waals surface area contributed by atoms with Crippen LogP contribution in [-0.4, -0.2) is 84.7 Å². The number of hydrogen-bond donors (Lipinski definition) is 1. The van der Waals surface area contributed by atoms with Crippen LogP contribution < -0.4 is 20.0 Å². The molecule has 1 N–H and O–H groups in total. The highest BCUT2D eigenvalue weighted by molar-refractivity contribution is 5.92. The minimum Gasteiger partial charge on any atom is -0.423 e. The summed E-state index contributed by atoms with van der Waals surface area (Å²) < 4.78 is 16.3. The molecule has 3 aromatic rings. The number of nitro groups is 1. The second-order valence-electron chi connectivity index (χ2n) is 9.10. The van der Waals surface area contributed by atoms with Crippen molar-refractivity contribution < 1.29 is 23.9 Å². The second-order valence-corrected chi connectivity index (χ2v) is 9.10. The van der Waals surface area contributed by atoms with E-state index in [4.69, 9.17) is 14.2 Å². The van der Waals surface area contributed by atoms with Crippen molar-refractivity contribution in [2.24, 2.45) is 5.10 Å². The fourth-order valence-corrected chi connectivity index (χ4v) is 4.15. The summed E-state index contributed by atoms with van der Waals surface area (Å²) in [6.07, 6.45) is 1.59. The number of rotatable bonds is 8. The summed E-state index contributed by atoms with van der Waals surface area (Å²) in [4.78, 5) is 40.9. The van der Waals surface area contributed by atoms with Crippen LogP contribution in [0.1, 0.15) is 21.5 Å². The summed E-state index contributed by atoms with van der Waals surface area (Å²) in [5, 5.41) is 15.4. The van der Waals surface area contributed by atoms with Crippen LogP contribution in [0.4, 0.5) is 23.5 Å². The number of ether oxygens (including phenoxy) is 3. The smallest absolute Gasteiger partial charge is 0.343 e. The molecule has 3 heterocycles. The standard InChI is InChI=1S/C26H28N8O6/c1-18-14-20(16-21(15-18)34(36)37)23(35)40-22-4-2-19(3-5-22)17-27-31-24-28-25(32-6-10-38-11-7-32)30-26(29-24)33-8-12-39-13-9-33/h2-5,14-17H,6-13H2,1H3,(H,28,29,30,31). The van der Waals surface area contributed by atoms with Gasteiger partial charge in [0.25, 0.3) is 5.69 Å². The van der Waals surface area contributed by atoms with Crippen molar-refractivity contribution in [1.82, 2.24) is 15.0 Å². The highest BCUT2D eigenvalue weighted by atomic mass is 16.6. The minimum atomic E-state index is -0.683. The van der Waals surface area contributed by atoms with E-state index in [1.165, 1.54) is 18.2 Å². The van der Waals surface area contributed by atoms with Crippen LogP contribution in [0.5, 0.6) is 5.75 Å². The lowest BCUT2D eigenvalue weighted by atomic mass is 10.1. The van der Waals surface area contributed by atoms with Gasteiger partial charge in [-0.1, -0.05) is 0 Å². The lowest BCUT2D eigenvalue weighted by Crippen LogP contribution is -2.40. The van der Waals surface area contributed by atoms with E-state index in [0.29, 0.717) is 81.8 Å². The summed E-state index contributed by atoms with van der Waals surface area (Å²) in [5.74, 6) is 1.04. The van der Waals surface area contributed by atoms with E-state index in [2.05, 4.69) is 35.3 Å². The van der Waals surface area contributed by atoms with E-state index >= 15 is 0 Å². The Labute approximate surface area is 229 Å². The molecule has 0 saturated carbocycles. The summed E-state index contributed by atoms with van der Waals surface area (Å²) in [6.45, 7) is 6.85. The number of aromatic nitrogens is 3. The molecule has 208 valence electrons. The van der Waals surface area contributed by atoms with E-state index in [1.54, 1.807) is 37.4 Å². The van der Waals surface area contributed by atoms with Crippen LogP contribution in [0.2, 0.25) is 0 Å². The van der Waals surface area contributed by atoms with Crippen LogP contribution in [0, 0.1) is 17.0 Å². The van der Waals surface area contributed by atoms with Crippen LogP contribution in [0.25, 0.3) is 0 Å². The van der Waals surface area contributed by atoms with Gasteiger partial charge in [-0.05, 0) is 48.4 Å². The van der Waals surface area contributed by atoms with Crippen molar-refractivity contribution in [1.29, 1.82) is 0 Å². The Balaban J connectivity index is 1.25. The number of anilines is 3. The molecule has 2 aromatic carbocycles. The zero-order valence-electron chi connectivity index (χ0n) is 21.9. The quantitative estimate of drug-likeness (QED) is 0.144. The Morgan fingerprint density at radius 1 is 0.975 bits per heavy atom. The first-order chi connectivity index (χ1) is 19.4. The number of nitro benzene ring substituents is 1. The normalized spacial score (nSPS) is 15.7. The van der Waals surface area contributed by atoms with Gasteiger partial charge in [-0.15, -0.1) is 0 Å². The molecule has 14 heteroatoms. The fourth-order valence-electron chi connectivity index (χ4n) is 4.15. The van der Waals surface area contributed by atoms with Gasteiger partial charge < -0.3 is 24.0 Å². The third kappa shape index (κ3) is 6.84. The first-order valence-corrected chi connectivity index (χ1v) is 12.7. The molecule has 0 spiro atoms. The molecule has 2 aliphatic rings. The summed E-state index contributed by atoms with van der Waals surface area (Å²) in [6, 6.07) is 10.8. The molecule has 0 amide bonds. The molecular weight excluding hydrogens is 520 g/mol. The highest BCUT2D eigenvalue weighted by Crippen LogP contribution is 2.21. The van der Waals surface area contributed by atoms with Gasteiger partial charge in [0, 0.05) is 38.3 Å². The Hall–Kier alpha value is -4.69. The summed E-state index contributed by atoms with van der Waals surface area (Å²) in [7, 11) is 0. The molecule has 40 heavy (non-hydrogen) atoms. The van der Waals surface area contributed by atoms with Gasteiger partial charge in [0.05, 0.1) is 43.1 Å². The van der Waals surface area contributed by atoms with Gasteiger partial charge in [-0.2, -0.15) is 20.1 Å². The van der Waals surface area contributed by atoms with E-state index in [0.717, 1.165) is 5.56 Å². The molecule has 0 radical (unpaired) electrons. The maximum Gasteiger partial charge on any atom is 0.343 e. The molecule has 1 aromatic heterocycles. The van der Waals surface area contributed by atoms with E-state index in [9.17, 15) is 14.9 Å². The van der Waals surface area contributed by atoms with Crippen molar-refractivity contribution >= 4 is 35.7 Å². The zero-order valence-corrected chi connectivity index (χ0v) is 21.9. The van der Waals surface area contributed by atoms with Crippen molar-refractivity contribution in [3.8, 4) is 5.75 Å². The second kappa shape index (κ2) is 12.4. The number of nitrogens with one attached hydrogen (secondary N) is 1. The predicted molar refractivity (Wildman–Crippen MR) is 146 cm³/mol. The predicted octanol–water partition coefficient (Wildman–Crippen LogP) is 2.43. The number of benzene rings is 2. The number of nitrogens with zero attached hydrogens (tertiary/aromatic N) is 7. The molecule has 0 atom stereocenters. The van der Waals surface area contributed by atoms with Crippen molar-refractivity contribution in [2.75, 3.05) is 67.8 Å². The van der Waals surface area contributed by atoms with Gasteiger partial charge in [0.1, 0.15) is 5.75 Å². The van der Waals surface area contributed by atoms with Gasteiger partial charge in [0.2, 0.25) is 17.8 Å². The summed E-state index contributed by atoms with van der Waals surface area (Å²) >= 11 is 0. The third-order valence-corrected chi connectivity index (χ3v) is 6.18. The maximum absolute atomic E-state index is 12.5. The number of esters is 1. The average Bonchev–Trinajstić information content (AvgIpc) is 2.98. The Morgan fingerprint density at radius 3 is 2.15 bits per heavy atom. The fraction of sp³-hybridized carbons (Fsp3) is 0.346. The third-order valence-electron chi connectivity index (χ3n) is 6.18. The molecular formula is C26H28N8O6. The number of carbonyl (C=O) groups is 1. The minimum absolute atomic E-state index is 0.104. The summed E-state index contributed by atoms with van der Waals surface area (Å²) in [5.41, 5.74) is 4.15. The Morgan fingerprint density at radius 2 is 1.57 bits per heavy atom. The maximum atomic E-state index is 12.5. The van der Waals surface area contributed by atoms with Gasteiger partial charge in [-0.3, -0.25) is 10.1 Å². The topological polar surface area (TPSA) is 157 Å². The van der Waals surface area contributed by atoms with Gasteiger partial charge >= 0.3 is 5.97 Å². The van der Waals surface area contributed by atoms with Crippen molar-refractivity contribution in [3.63, 3.8) is 0 Å². The largest absolute Gasteiger partial charge is 0.423 e. The van der Waals surface area contributed by atoms with E-state index in [-0.39, 0.29) is 11.3 Å². The van der Waals surface area contributed by atoms with Gasteiger partial charge in [0.15, 0.2) is 0 Å².